The number of nitrogens with zero attached hydrogens (tertiary/aromatic N) is 2. The first-order valence-electron chi connectivity index (χ1n) is 8.69. The molecule has 0 aliphatic carbocycles. The monoisotopic (exact) mass is 358 g/mol. The van der Waals surface area contributed by atoms with Gasteiger partial charge in [-0.2, -0.15) is 0 Å². The first-order chi connectivity index (χ1) is 13.3. The molecule has 4 rings (SSSR count). The average molecular weight is 358 g/mol. The number of hydrogen-bond acceptors (Lipinski definition) is 5. The lowest BCUT2D eigenvalue weighted by molar-refractivity contribution is 0.425. The molecule has 2 aromatic carbocycles. The third-order valence-corrected chi connectivity index (χ3v) is 3.96. The highest BCUT2D eigenvalue weighted by Crippen LogP contribution is 2.25. The van der Waals surface area contributed by atoms with Crippen LogP contribution in [0.25, 0.3) is 11.3 Å². The zero-order valence-corrected chi connectivity index (χ0v) is 15.2. The van der Waals surface area contributed by atoms with Gasteiger partial charge in [-0.3, -0.25) is 0 Å². The fraction of sp³-hybridized carbons (Fsp3) is 0.0909. The van der Waals surface area contributed by atoms with Crippen molar-refractivity contribution in [3.05, 3.63) is 96.3 Å². The van der Waals surface area contributed by atoms with Gasteiger partial charge in [-0.05, 0) is 29.8 Å². The molecule has 3 N–H and O–H groups in total. The van der Waals surface area contributed by atoms with Gasteiger partial charge in [0.2, 0.25) is 0 Å². The predicted octanol–water partition coefficient (Wildman–Crippen LogP) is 4.64. The van der Waals surface area contributed by atoms with E-state index in [4.69, 9.17) is 10.3 Å². The second-order valence-corrected chi connectivity index (χ2v) is 5.90. The Morgan fingerprint density at radius 3 is 2.19 bits per heavy atom. The first kappa shape index (κ1) is 18.2. The van der Waals surface area contributed by atoms with Gasteiger partial charge in [-0.1, -0.05) is 53.7 Å². The summed E-state index contributed by atoms with van der Waals surface area (Å²) in [6.07, 6.45) is 2.37. The molecule has 4 aromatic rings. The van der Waals surface area contributed by atoms with Crippen LogP contribution in [0.2, 0.25) is 0 Å². The van der Waals surface area contributed by atoms with E-state index in [1.54, 1.807) is 6.20 Å². The minimum absolute atomic E-state index is 0.443. The summed E-state index contributed by atoms with van der Waals surface area (Å²) in [5.41, 5.74) is 9.73. The summed E-state index contributed by atoms with van der Waals surface area (Å²) in [7, 11) is 1.90. The van der Waals surface area contributed by atoms with E-state index in [2.05, 4.69) is 27.6 Å². The minimum atomic E-state index is 0.443. The number of anilines is 2. The molecule has 0 aliphatic heterocycles. The molecule has 0 saturated heterocycles. The Bertz CT molecular complexity index is 923. The van der Waals surface area contributed by atoms with Gasteiger partial charge >= 0.3 is 0 Å². The topological polar surface area (TPSA) is 77.0 Å². The third kappa shape index (κ3) is 5.19. The molecular formula is C22H22N4O. The zero-order valence-electron chi connectivity index (χ0n) is 15.2. The van der Waals surface area contributed by atoms with Gasteiger partial charge in [0.15, 0.2) is 5.76 Å². The van der Waals surface area contributed by atoms with Crippen LogP contribution in [0.1, 0.15) is 11.3 Å². The van der Waals surface area contributed by atoms with Crippen LogP contribution in [-0.4, -0.2) is 17.2 Å². The molecule has 0 aliphatic rings. The Morgan fingerprint density at radius 2 is 1.59 bits per heavy atom. The van der Waals surface area contributed by atoms with E-state index in [1.807, 2.05) is 73.8 Å². The number of pyridine rings is 1. The van der Waals surface area contributed by atoms with Crippen molar-refractivity contribution in [1.29, 1.82) is 0 Å². The Morgan fingerprint density at radius 1 is 0.926 bits per heavy atom. The molecule has 5 heteroatoms. The normalized spacial score (nSPS) is 9.96. The van der Waals surface area contributed by atoms with Crippen molar-refractivity contribution < 1.29 is 4.52 Å². The fourth-order valence-corrected chi connectivity index (χ4v) is 2.53. The number of aromatic nitrogens is 2. The summed E-state index contributed by atoms with van der Waals surface area (Å²) < 4.78 is 5.37. The first-order valence-corrected chi connectivity index (χ1v) is 8.69. The third-order valence-electron chi connectivity index (χ3n) is 3.96. The number of nitrogens with one attached hydrogen (secondary N) is 1. The fourth-order valence-electron chi connectivity index (χ4n) is 2.53. The molecule has 0 atom stereocenters. The number of hydrogen-bond donors (Lipinski definition) is 2. The van der Waals surface area contributed by atoms with Crippen molar-refractivity contribution in [1.82, 2.24) is 10.1 Å². The maximum atomic E-state index is 5.84. The van der Waals surface area contributed by atoms with Crippen LogP contribution in [0.5, 0.6) is 0 Å². The molecule has 0 amide bonds. The highest BCUT2D eigenvalue weighted by atomic mass is 16.5. The maximum absolute atomic E-state index is 5.84. The standard InChI is InChI=1S/C16H16N4O.C6H6/c1-18-12-6-4-11(5-7-12)9-13-10-15(21-20-13)14-3-2-8-19-16(14)17;1-2-4-6-5-3-1/h2-8,10,18H,9H2,1H3,(H2,17,19);1-6H. The van der Waals surface area contributed by atoms with Crippen LogP contribution in [0.15, 0.2) is 89.6 Å². The minimum Gasteiger partial charge on any atom is -0.388 e. The summed E-state index contributed by atoms with van der Waals surface area (Å²) >= 11 is 0. The molecule has 2 aromatic heterocycles. The Kier molecular flexibility index (Phi) is 6.20. The van der Waals surface area contributed by atoms with Gasteiger partial charge < -0.3 is 15.6 Å². The van der Waals surface area contributed by atoms with Crippen LogP contribution in [0.3, 0.4) is 0 Å². The summed E-state index contributed by atoms with van der Waals surface area (Å²) in [5, 5.41) is 7.19. The largest absolute Gasteiger partial charge is 0.388 e. The molecule has 5 nitrogen and oxygen atoms in total. The van der Waals surface area contributed by atoms with Crippen molar-refractivity contribution in [3.8, 4) is 11.3 Å². The van der Waals surface area contributed by atoms with Crippen LogP contribution in [-0.2, 0) is 6.42 Å². The number of rotatable bonds is 4. The Labute approximate surface area is 158 Å². The number of nitrogen functional groups attached to an aromatic ring is 1. The lowest BCUT2D eigenvalue weighted by atomic mass is 10.1. The quantitative estimate of drug-likeness (QED) is 0.556. The van der Waals surface area contributed by atoms with E-state index in [0.29, 0.717) is 18.0 Å². The van der Waals surface area contributed by atoms with E-state index in [1.165, 1.54) is 5.56 Å². The second-order valence-electron chi connectivity index (χ2n) is 5.90. The molecule has 0 saturated carbocycles. The van der Waals surface area contributed by atoms with E-state index in [0.717, 1.165) is 16.9 Å². The van der Waals surface area contributed by atoms with Crippen LogP contribution >= 0.6 is 0 Å². The van der Waals surface area contributed by atoms with Crippen molar-refractivity contribution in [2.75, 3.05) is 18.1 Å². The zero-order chi connectivity index (χ0) is 18.9. The van der Waals surface area contributed by atoms with Gasteiger partial charge in [0, 0.05) is 31.4 Å². The van der Waals surface area contributed by atoms with Gasteiger partial charge in [-0.25, -0.2) is 4.98 Å². The van der Waals surface area contributed by atoms with Crippen LogP contribution < -0.4 is 11.1 Å². The van der Waals surface area contributed by atoms with Gasteiger partial charge in [0.25, 0.3) is 0 Å². The smallest absolute Gasteiger partial charge is 0.170 e. The van der Waals surface area contributed by atoms with Crippen molar-refractivity contribution >= 4 is 11.5 Å². The lowest BCUT2D eigenvalue weighted by Gasteiger charge is -2.01. The van der Waals surface area contributed by atoms with Gasteiger partial charge in [0.1, 0.15) is 5.82 Å². The predicted molar refractivity (Wildman–Crippen MR) is 109 cm³/mol. The van der Waals surface area contributed by atoms with Gasteiger partial charge in [-0.15, -0.1) is 0 Å². The summed E-state index contributed by atoms with van der Waals surface area (Å²) in [6, 6.07) is 25.8. The molecule has 0 unspecified atom stereocenters. The molecule has 0 spiro atoms. The number of nitrogens with two attached hydrogens (primary N) is 1. The second kappa shape index (κ2) is 9.20. The summed E-state index contributed by atoms with van der Waals surface area (Å²) in [5.74, 6) is 1.08. The average Bonchev–Trinajstić information content (AvgIpc) is 3.19. The van der Waals surface area contributed by atoms with Crippen molar-refractivity contribution in [3.63, 3.8) is 0 Å². The molecule has 2 heterocycles. The van der Waals surface area contributed by atoms with E-state index in [-0.39, 0.29) is 0 Å². The molecule has 0 radical (unpaired) electrons. The van der Waals surface area contributed by atoms with Crippen molar-refractivity contribution in [2.45, 2.75) is 6.42 Å². The van der Waals surface area contributed by atoms with E-state index < -0.39 is 0 Å². The summed E-state index contributed by atoms with van der Waals surface area (Å²) in [4.78, 5) is 4.05. The molecule has 27 heavy (non-hydrogen) atoms. The van der Waals surface area contributed by atoms with Gasteiger partial charge in [0.05, 0.1) is 11.3 Å². The van der Waals surface area contributed by atoms with E-state index >= 15 is 0 Å². The van der Waals surface area contributed by atoms with Crippen LogP contribution in [0.4, 0.5) is 11.5 Å². The lowest BCUT2D eigenvalue weighted by Crippen LogP contribution is -1.92. The van der Waals surface area contributed by atoms with E-state index in [9.17, 15) is 0 Å². The SMILES string of the molecule is CNc1ccc(Cc2cc(-c3cccnc3N)on2)cc1.c1ccccc1. The highest BCUT2D eigenvalue weighted by Gasteiger charge is 2.10. The maximum Gasteiger partial charge on any atom is 0.170 e. The highest BCUT2D eigenvalue weighted by molar-refractivity contribution is 5.69. The number of benzene rings is 2. The molecule has 0 fully saturated rings. The Balaban J connectivity index is 0.000000299. The van der Waals surface area contributed by atoms with Crippen molar-refractivity contribution in [2.24, 2.45) is 0 Å². The summed E-state index contributed by atoms with van der Waals surface area (Å²) in [6.45, 7) is 0. The molecule has 0 bridgehead atoms. The molecular weight excluding hydrogens is 336 g/mol. The Hall–Kier alpha value is -3.60. The van der Waals surface area contributed by atoms with Crippen LogP contribution in [0, 0.1) is 0 Å². The molecule has 136 valence electrons.